The standard InChI is InChI=1S/C26H27N5O3S2/c1-15-24(30-11-12-35-25(30)28-15)34-26(33)27-13-20-19-10-6-9-18(19)14-31(20)23(32)21-22(36-16(2)29-21)17-7-4-3-5-8-17/h3-5,7-8,11-12,18-20H,6,9-10,13-14H2,1-2H3,(H,27,33)/t18-,19-,20+/m0/s1. The van der Waals surface area contributed by atoms with Gasteiger partial charge in [0.2, 0.25) is 5.88 Å². The fourth-order valence-corrected chi connectivity index (χ4v) is 7.38. The minimum absolute atomic E-state index is 0.0561. The van der Waals surface area contributed by atoms with Crippen molar-refractivity contribution in [3.8, 4) is 16.3 Å². The summed E-state index contributed by atoms with van der Waals surface area (Å²) in [6.45, 7) is 4.81. The molecule has 2 fully saturated rings. The van der Waals surface area contributed by atoms with Crippen LogP contribution in [0.25, 0.3) is 15.4 Å². The number of benzene rings is 1. The van der Waals surface area contributed by atoms with Crippen molar-refractivity contribution in [2.45, 2.75) is 39.2 Å². The summed E-state index contributed by atoms with van der Waals surface area (Å²) in [4.78, 5) is 39.4. The van der Waals surface area contributed by atoms with Crippen LogP contribution in [0.2, 0.25) is 0 Å². The molecule has 1 aliphatic heterocycles. The van der Waals surface area contributed by atoms with E-state index in [1.807, 2.05) is 60.7 Å². The molecule has 0 unspecified atom stereocenters. The number of rotatable bonds is 5. The highest BCUT2D eigenvalue weighted by Gasteiger charge is 2.47. The number of fused-ring (bicyclic) bond motifs is 2. The molecule has 6 rings (SSSR count). The maximum atomic E-state index is 13.9. The highest BCUT2D eigenvalue weighted by molar-refractivity contribution is 7.15. The Bertz CT molecular complexity index is 1430. The number of nitrogens with one attached hydrogen (secondary N) is 1. The second-order valence-electron chi connectivity index (χ2n) is 9.48. The van der Waals surface area contributed by atoms with Crippen LogP contribution in [-0.4, -0.2) is 50.4 Å². The summed E-state index contributed by atoms with van der Waals surface area (Å²) in [5, 5.41) is 5.70. The smallest absolute Gasteiger partial charge is 0.391 e. The van der Waals surface area contributed by atoms with Gasteiger partial charge in [-0.15, -0.1) is 22.7 Å². The van der Waals surface area contributed by atoms with Gasteiger partial charge in [0.25, 0.3) is 5.91 Å². The van der Waals surface area contributed by atoms with Gasteiger partial charge >= 0.3 is 6.09 Å². The Labute approximate surface area is 216 Å². The molecular formula is C26H27N5O3S2. The number of nitrogens with zero attached hydrogens (tertiary/aromatic N) is 4. The van der Waals surface area contributed by atoms with E-state index in [4.69, 9.17) is 4.74 Å². The van der Waals surface area contributed by atoms with Gasteiger partial charge in [-0.2, -0.15) is 0 Å². The van der Waals surface area contributed by atoms with Crippen molar-refractivity contribution in [2.75, 3.05) is 13.1 Å². The first-order valence-electron chi connectivity index (χ1n) is 12.2. The van der Waals surface area contributed by atoms with E-state index < -0.39 is 6.09 Å². The molecule has 3 atom stereocenters. The number of aryl methyl sites for hydroxylation is 2. The molecule has 1 N–H and O–H groups in total. The second-order valence-corrected chi connectivity index (χ2v) is 11.6. The Hall–Kier alpha value is -3.24. The maximum absolute atomic E-state index is 13.9. The lowest BCUT2D eigenvalue weighted by molar-refractivity contribution is 0.0706. The third-order valence-corrected chi connectivity index (χ3v) is 9.08. The molecular weight excluding hydrogens is 494 g/mol. The first kappa shape index (κ1) is 23.2. The van der Waals surface area contributed by atoms with Gasteiger partial charge in [0.15, 0.2) is 4.96 Å². The molecule has 1 aromatic carbocycles. The van der Waals surface area contributed by atoms with Crippen LogP contribution < -0.4 is 10.1 Å². The molecule has 0 bridgehead atoms. The van der Waals surface area contributed by atoms with Gasteiger partial charge in [0.1, 0.15) is 11.4 Å². The molecule has 1 saturated carbocycles. The number of carbonyl (C=O) groups excluding carboxylic acids is 2. The van der Waals surface area contributed by atoms with Gasteiger partial charge in [-0.05, 0) is 44.1 Å². The lowest BCUT2D eigenvalue weighted by Crippen LogP contribution is -2.46. The molecule has 36 heavy (non-hydrogen) atoms. The second kappa shape index (κ2) is 9.33. The fourth-order valence-electron chi connectivity index (χ4n) is 5.71. The molecule has 1 saturated heterocycles. The van der Waals surface area contributed by atoms with Crippen molar-refractivity contribution in [1.82, 2.24) is 24.6 Å². The van der Waals surface area contributed by atoms with E-state index in [2.05, 4.69) is 15.3 Å². The van der Waals surface area contributed by atoms with Gasteiger partial charge in [-0.25, -0.2) is 14.8 Å². The van der Waals surface area contributed by atoms with Crippen molar-refractivity contribution in [3.05, 3.63) is 58.3 Å². The van der Waals surface area contributed by atoms with E-state index in [0.29, 0.717) is 42.2 Å². The van der Waals surface area contributed by atoms with Crippen LogP contribution >= 0.6 is 22.7 Å². The Kier molecular flexibility index (Phi) is 6.00. The number of thiazole rings is 2. The van der Waals surface area contributed by atoms with Crippen LogP contribution in [0.5, 0.6) is 5.88 Å². The molecule has 1 aliphatic carbocycles. The van der Waals surface area contributed by atoms with Crippen LogP contribution in [0.1, 0.15) is 40.5 Å². The first-order chi connectivity index (χ1) is 17.5. The predicted octanol–water partition coefficient (Wildman–Crippen LogP) is 5.17. The lowest BCUT2D eigenvalue weighted by atomic mass is 9.94. The molecule has 0 radical (unpaired) electrons. The van der Waals surface area contributed by atoms with Crippen LogP contribution in [-0.2, 0) is 0 Å². The van der Waals surface area contributed by atoms with E-state index in [9.17, 15) is 9.59 Å². The summed E-state index contributed by atoms with van der Waals surface area (Å²) < 4.78 is 7.40. The quantitative estimate of drug-likeness (QED) is 0.392. The summed E-state index contributed by atoms with van der Waals surface area (Å²) >= 11 is 3.03. The number of hydrogen-bond acceptors (Lipinski definition) is 7. The van der Waals surface area contributed by atoms with Crippen LogP contribution in [0.4, 0.5) is 4.79 Å². The van der Waals surface area contributed by atoms with Crippen molar-refractivity contribution < 1.29 is 14.3 Å². The van der Waals surface area contributed by atoms with Crippen molar-refractivity contribution in [1.29, 1.82) is 0 Å². The van der Waals surface area contributed by atoms with Crippen molar-refractivity contribution in [3.63, 3.8) is 0 Å². The Morgan fingerprint density at radius 3 is 2.83 bits per heavy atom. The normalized spacial score (nSPS) is 21.2. The topological polar surface area (TPSA) is 88.8 Å². The zero-order valence-electron chi connectivity index (χ0n) is 20.1. The van der Waals surface area contributed by atoms with Gasteiger partial charge in [-0.3, -0.25) is 9.20 Å². The van der Waals surface area contributed by atoms with Crippen molar-refractivity contribution >= 4 is 39.6 Å². The lowest BCUT2D eigenvalue weighted by Gasteiger charge is -2.28. The van der Waals surface area contributed by atoms with Gasteiger partial charge in [-0.1, -0.05) is 36.8 Å². The van der Waals surface area contributed by atoms with Gasteiger partial charge < -0.3 is 15.0 Å². The van der Waals surface area contributed by atoms with Gasteiger partial charge in [0, 0.05) is 24.7 Å². The average Bonchev–Trinajstić information content (AvgIpc) is 3.67. The number of imidazole rings is 1. The number of ether oxygens (including phenoxy) is 1. The average molecular weight is 522 g/mol. The maximum Gasteiger partial charge on any atom is 0.414 e. The minimum Gasteiger partial charge on any atom is -0.391 e. The summed E-state index contributed by atoms with van der Waals surface area (Å²) in [5.41, 5.74) is 2.17. The molecule has 0 spiro atoms. The Balaban J connectivity index is 1.21. The SMILES string of the molecule is Cc1nc(C(=O)N2C[C@@H]3CCC[C@@H]3[C@H]2CNC(=O)Oc2c(C)nc3sccn23)c(-c2ccccc2)s1. The summed E-state index contributed by atoms with van der Waals surface area (Å²) in [6, 6.07) is 9.86. The van der Waals surface area contributed by atoms with Crippen LogP contribution in [0, 0.1) is 25.7 Å². The monoisotopic (exact) mass is 521 g/mol. The summed E-state index contributed by atoms with van der Waals surface area (Å²) in [6.07, 6.45) is 4.64. The number of hydrogen-bond donors (Lipinski definition) is 1. The van der Waals surface area contributed by atoms with E-state index in [0.717, 1.165) is 39.7 Å². The molecule has 8 nitrogen and oxygen atoms in total. The van der Waals surface area contributed by atoms with Crippen LogP contribution in [0.15, 0.2) is 41.9 Å². The zero-order chi connectivity index (χ0) is 24.8. The zero-order valence-corrected chi connectivity index (χ0v) is 21.8. The minimum atomic E-state index is -0.533. The third-order valence-electron chi connectivity index (χ3n) is 7.30. The number of amides is 2. The van der Waals surface area contributed by atoms with Crippen molar-refractivity contribution in [2.24, 2.45) is 11.8 Å². The van der Waals surface area contributed by atoms with Gasteiger partial charge in [0.05, 0.1) is 15.9 Å². The highest BCUT2D eigenvalue weighted by Crippen LogP contribution is 2.43. The molecule has 10 heteroatoms. The Morgan fingerprint density at radius 2 is 2.00 bits per heavy atom. The summed E-state index contributed by atoms with van der Waals surface area (Å²) in [5.74, 6) is 1.19. The summed E-state index contributed by atoms with van der Waals surface area (Å²) in [7, 11) is 0. The predicted molar refractivity (Wildman–Crippen MR) is 140 cm³/mol. The third kappa shape index (κ3) is 4.08. The first-order valence-corrected chi connectivity index (χ1v) is 13.9. The Morgan fingerprint density at radius 1 is 1.17 bits per heavy atom. The number of carbonyl (C=O) groups is 2. The van der Waals surface area contributed by atoms with Crippen LogP contribution in [0.3, 0.4) is 0 Å². The van der Waals surface area contributed by atoms with E-state index in [1.165, 1.54) is 11.3 Å². The highest BCUT2D eigenvalue weighted by atomic mass is 32.1. The fraction of sp³-hybridized carbons (Fsp3) is 0.385. The van der Waals surface area contributed by atoms with E-state index in [1.54, 1.807) is 15.7 Å². The molecule has 3 aromatic heterocycles. The molecule has 186 valence electrons. The molecule has 2 aliphatic rings. The molecule has 4 aromatic rings. The molecule has 2 amide bonds. The largest absolute Gasteiger partial charge is 0.414 e. The number of likely N-dealkylation sites (tertiary alicyclic amines) is 1. The van der Waals surface area contributed by atoms with E-state index in [-0.39, 0.29) is 11.9 Å². The molecule has 4 heterocycles. The number of aromatic nitrogens is 3. The van der Waals surface area contributed by atoms with E-state index >= 15 is 0 Å².